The number of hydrogen-bond donors (Lipinski definition) is 1. The fourth-order valence-electron chi connectivity index (χ4n) is 3.78. The van der Waals surface area contributed by atoms with Crippen LogP contribution < -0.4 is 0 Å². The number of nitrogens with zero attached hydrogens (tertiary/aromatic N) is 3. The SMILES string of the molecule is O=C(Cc1[nH]nc2ccccc12)N1CCCN(C(=O)C2CCCO2)CC1. The Balaban J connectivity index is 1.37. The van der Waals surface area contributed by atoms with Crippen LogP contribution in [0.3, 0.4) is 0 Å². The molecule has 1 atom stereocenters. The maximum Gasteiger partial charge on any atom is 0.251 e. The molecular weight excluding hydrogens is 332 g/mol. The minimum absolute atomic E-state index is 0.0748. The molecule has 0 aliphatic carbocycles. The number of para-hydroxylation sites is 1. The Labute approximate surface area is 152 Å². The molecule has 0 bridgehead atoms. The van der Waals surface area contributed by atoms with E-state index in [0.29, 0.717) is 39.2 Å². The van der Waals surface area contributed by atoms with Crippen molar-refractivity contribution in [1.29, 1.82) is 0 Å². The quantitative estimate of drug-likeness (QED) is 0.900. The van der Waals surface area contributed by atoms with Gasteiger partial charge in [-0.1, -0.05) is 18.2 Å². The number of aromatic nitrogens is 2. The highest BCUT2D eigenvalue weighted by atomic mass is 16.5. The molecule has 138 valence electrons. The van der Waals surface area contributed by atoms with Gasteiger partial charge in [0.1, 0.15) is 6.10 Å². The second kappa shape index (κ2) is 7.45. The number of amides is 2. The number of carbonyl (C=O) groups excluding carboxylic acids is 2. The van der Waals surface area contributed by atoms with E-state index in [2.05, 4.69) is 10.2 Å². The first-order valence-electron chi connectivity index (χ1n) is 9.32. The highest BCUT2D eigenvalue weighted by Crippen LogP contribution is 2.18. The van der Waals surface area contributed by atoms with E-state index in [0.717, 1.165) is 35.9 Å². The molecule has 2 aromatic rings. The predicted octanol–water partition coefficient (Wildman–Crippen LogP) is 1.35. The third kappa shape index (κ3) is 3.44. The van der Waals surface area contributed by atoms with Gasteiger partial charge >= 0.3 is 0 Å². The van der Waals surface area contributed by atoms with Crippen molar-refractivity contribution in [3.63, 3.8) is 0 Å². The van der Waals surface area contributed by atoms with Crippen LogP contribution in [0.2, 0.25) is 0 Å². The zero-order valence-corrected chi connectivity index (χ0v) is 14.8. The zero-order valence-electron chi connectivity index (χ0n) is 14.8. The molecule has 2 aliphatic heterocycles. The predicted molar refractivity (Wildman–Crippen MR) is 96.5 cm³/mol. The number of aromatic amines is 1. The second-order valence-corrected chi connectivity index (χ2v) is 6.96. The molecule has 1 N–H and O–H groups in total. The summed E-state index contributed by atoms with van der Waals surface area (Å²) in [5, 5.41) is 8.23. The van der Waals surface area contributed by atoms with Gasteiger partial charge in [0.25, 0.3) is 5.91 Å². The Morgan fingerprint density at radius 3 is 2.77 bits per heavy atom. The standard InChI is InChI=1S/C19H24N4O3/c24-18(13-16-14-5-1-2-6-15(14)20-21-16)22-8-4-9-23(11-10-22)19(25)17-7-3-12-26-17/h1-2,5-6,17H,3-4,7-13H2,(H,20,21). The minimum Gasteiger partial charge on any atom is -0.368 e. The summed E-state index contributed by atoms with van der Waals surface area (Å²) in [6.07, 6.45) is 2.58. The third-order valence-corrected chi connectivity index (χ3v) is 5.23. The fraction of sp³-hybridized carbons (Fsp3) is 0.526. The third-order valence-electron chi connectivity index (χ3n) is 5.23. The lowest BCUT2D eigenvalue weighted by atomic mass is 10.1. The van der Waals surface area contributed by atoms with Gasteiger partial charge in [0.05, 0.1) is 17.6 Å². The molecule has 1 unspecified atom stereocenters. The van der Waals surface area contributed by atoms with Gasteiger partial charge in [-0.2, -0.15) is 5.10 Å². The van der Waals surface area contributed by atoms with Gasteiger partial charge in [-0.05, 0) is 25.3 Å². The first kappa shape index (κ1) is 17.0. The summed E-state index contributed by atoms with van der Waals surface area (Å²) in [6.45, 7) is 3.19. The van der Waals surface area contributed by atoms with Crippen molar-refractivity contribution < 1.29 is 14.3 Å². The summed E-state index contributed by atoms with van der Waals surface area (Å²) in [5.41, 5.74) is 1.72. The van der Waals surface area contributed by atoms with Crippen LogP contribution in [-0.2, 0) is 20.7 Å². The minimum atomic E-state index is -0.284. The van der Waals surface area contributed by atoms with E-state index in [1.807, 2.05) is 34.1 Å². The molecule has 1 aromatic heterocycles. The second-order valence-electron chi connectivity index (χ2n) is 6.96. The molecule has 4 rings (SSSR count). The van der Waals surface area contributed by atoms with Crippen molar-refractivity contribution in [3.05, 3.63) is 30.0 Å². The largest absolute Gasteiger partial charge is 0.368 e. The molecule has 2 saturated heterocycles. The highest BCUT2D eigenvalue weighted by molar-refractivity contribution is 5.87. The molecule has 1 aromatic carbocycles. The molecule has 7 heteroatoms. The van der Waals surface area contributed by atoms with Crippen molar-refractivity contribution in [2.24, 2.45) is 0 Å². The Morgan fingerprint density at radius 2 is 1.92 bits per heavy atom. The molecular formula is C19H24N4O3. The van der Waals surface area contributed by atoms with E-state index in [1.54, 1.807) is 0 Å². The maximum absolute atomic E-state index is 12.7. The van der Waals surface area contributed by atoms with Crippen LogP contribution in [0.15, 0.2) is 24.3 Å². The van der Waals surface area contributed by atoms with Crippen molar-refractivity contribution in [2.45, 2.75) is 31.8 Å². The highest BCUT2D eigenvalue weighted by Gasteiger charge is 2.30. The van der Waals surface area contributed by atoms with Crippen LogP contribution in [-0.4, -0.2) is 70.7 Å². The molecule has 2 amide bonds. The van der Waals surface area contributed by atoms with E-state index in [-0.39, 0.29) is 17.9 Å². The van der Waals surface area contributed by atoms with Crippen LogP contribution in [0.4, 0.5) is 0 Å². The van der Waals surface area contributed by atoms with Crippen LogP contribution in [0.1, 0.15) is 25.0 Å². The molecule has 7 nitrogen and oxygen atoms in total. The van der Waals surface area contributed by atoms with Gasteiger partial charge in [-0.25, -0.2) is 0 Å². The summed E-state index contributed by atoms with van der Waals surface area (Å²) >= 11 is 0. The first-order valence-corrected chi connectivity index (χ1v) is 9.32. The number of hydrogen-bond acceptors (Lipinski definition) is 4. The fourth-order valence-corrected chi connectivity index (χ4v) is 3.78. The number of benzene rings is 1. The number of fused-ring (bicyclic) bond motifs is 1. The molecule has 2 aliphatic rings. The van der Waals surface area contributed by atoms with Crippen molar-refractivity contribution in [2.75, 3.05) is 32.8 Å². The van der Waals surface area contributed by atoms with Crippen LogP contribution in [0.25, 0.3) is 10.9 Å². The van der Waals surface area contributed by atoms with Gasteiger partial charge in [0.15, 0.2) is 0 Å². The van der Waals surface area contributed by atoms with E-state index in [1.165, 1.54) is 0 Å². The lowest BCUT2D eigenvalue weighted by Crippen LogP contribution is -2.42. The number of rotatable bonds is 3. The van der Waals surface area contributed by atoms with Gasteiger partial charge in [-0.3, -0.25) is 14.7 Å². The van der Waals surface area contributed by atoms with Gasteiger partial charge in [-0.15, -0.1) is 0 Å². The van der Waals surface area contributed by atoms with Gasteiger partial charge in [0, 0.05) is 38.2 Å². The van der Waals surface area contributed by atoms with Crippen LogP contribution >= 0.6 is 0 Å². The topological polar surface area (TPSA) is 78.5 Å². The van der Waals surface area contributed by atoms with Crippen molar-refractivity contribution >= 4 is 22.7 Å². The summed E-state index contributed by atoms with van der Waals surface area (Å²) in [7, 11) is 0. The monoisotopic (exact) mass is 356 g/mol. The Morgan fingerprint density at radius 1 is 1.12 bits per heavy atom. The first-order chi connectivity index (χ1) is 12.7. The summed E-state index contributed by atoms with van der Waals surface area (Å²) in [4.78, 5) is 29.0. The van der Waals surface area contributed by atoms with Crippen molar-refractivity contribution in [1.82, 2.24) is 20.0 Å². The zero-order chi connectivity index (χ0) is 17.9. The summed E-state index contributed by atoms with van der Waals surface area (Å²) in [6, 6.07) is 7.79. The van der Waals surface area contributed by atoms with Crippen LogP contribution in [0.5, 0.6) is 0 Å². The molecule has 0 spiro atoms. The van der Waals surface area contributed by atoms with Gasteiger partial charge < -0.3 is 14.5 Å². The van der Waals surface area contributed by atoms with Gasteiger partial charge in [0.2, 0.25) is 5.91 Å². The van der Waals surface area contributed by atoms with E-state index in [9.17, 15) is 9.59 Å². The lowest BCUT2D eigenvalue weighted by molar-refractivity contribution is -0.141. The smallest absolute Gasteiger partial charge is 0.251 e. The van der Waals surface area contributed by atoms with Crippen LogP contribution in [0, 0.1) is 0 Å². The number of H-pyrrole nitrogens is 1. The lowest BCUT2D eigenvalue weighted by Gasteiger charge is -2.24. The molecule has 2 fully saturated rings. The average Bonchev–Trinajstić information content (AvgIpc) is 3.26. The summed E-state index contributed by atoms with van der Waals surface area (Å²) < 4.78 is 5.51. The number of nitrogens with one attached hydrogen (secondary N) is 1. The molecule has 0 radical (unpaired) electrons. The Kier molecular flexibility index (Phi) is 4.88. The maximum atomic E-state index is 12.7. The molecule has 26 heavy (non-hydrogen) atoms. The average molecular weight is 356 g/mol. The summed E-state index contributed by atoms with van der Waals surface area (Å²) in [5.74, 6) is 0.155. The van der Waals surface area contributed by atoms with E-state index >= 15 is 0 Å². The molecule has 3 heterocycles. The number of ether oxygens (including phenoxy) is 1. The Bertz CT molecular complexity index is 797. The number of carbonyl (C=O) groups is 2. The normalized spacial score (nSPS) is 21.2. The van der Waals surface area contributed by atoms with E-state index < -0.39 is 0 Å². The van der Waals surface area contributed by atoms with Crippen molar-refractivity contribution in [3.8, 4) is 0 Å². The van der Waals surface area contributed by atoms with E-state index in [4.69, 9.17) is 4.74 Å². The molecule has 0 saturated carbocycles. The Hall–Kier alpha value is -2.41.